The van der Waals surface area contributed by atoms with Crippen LogP contribution in [0, 0.1) is 0 Å². The van der Waals surface area contributed by atoms with Gasteiger partial charge in [0.05, 0.1) is 12.1 Å². The fraction of sp³-hybridized carbons (Fsp3) is 0.909. The van der Waals surface area contributed by atoms with Gasteiger partial charge in [0.25, 0.3) is 0 Å². The lowest BCUT2D eigenvalue weighted by Crippen LogP contribution is -2.21. The van der Waals surface area contributed by atoms with E-state index in [4.69, 9.17) is 4.74 Å². The number of rotatable bonds is 6. The first-order chi connectivity index (χ1) is 6.48. The van der Waals surface area contributed by atoms with Gasteiger partial charge in [0.1, 0.15) is 0 Å². The molecule has 14 heavy (non-hydrogen) atoms. The third kappa shape index (κ3) is 7.96. The van der Waals surface area contributed by atoms with Crippen LogP contribution >= 0.6 is 0 Å². The lowest BCUT2D eigenvalue weighted by molar-refractivity contribution is -0.0111. The molecule has 0 aliphatic carbocycles. The van der Waals surface area contributed by atoms with E-state index in [0.717, 1.165) is 19.4 Å². The van der Waals surface area contributed by atoms with Crippen LogP contribution < -0.4 is 0 Å². The molecule has 82 valence electrons. The smallest absolute Gasteiger partial charge is 0.163 e. The van der Waals surface area contributed by atoms with Crippen molar-refractivity contribution >= 4 is 6.01 Å². The topological polar surface area (TPSA) is 34.0 Å². The number of ether oxygens (including phenoxy) is 1. The highest BCUT2D eigenvalue weighted by molar-refractivity contribution is 5.42. The van der Waals surface area contributed by atoms with Crippen molar-refractivity contribution in [2.45, 2.75) is 59.2 Å². The molecule has 0 rings (SSSR count). The Hall–Kier alpha value is -0.660. The normalized spacial score (nSPS) is 11.3. The molecule has 0 saturated carbocycles. The van der Waals surface area contributed by atoms with Gasteiger partial charge in [0, 0.05) is 6.61 Å². The summed E-state index contributed by atoms with van der Waals surface area (Å²) in [7, 11) is 0. The molecule has 0 fully saturated rings. The molecule has 0 radical (unpaired) electrons. The highest BCUT2D eigenvalue weighted by atomic mass is 16.5. The number of unbranched alkanes of at least 4 members (excludes halogenated alkanes) is 1. The Balaban J connectivity index is 3.99. The summed E-state index contributed by atoms with van der Waals surface area (Å²) in [4.78, 5) is 8.17. The standard InChI is InChI=1S/C11H22N2O/c1-6-7-8-14-11(4,5)13-9-12-10(2)3/h10H,6-8H2,1-5H3. The summed E-state index contributed by atoms with van der Waals surface area (Å²) in [6, 6.07) is 2.92. The number of nitrogens with zero attached hydrogens (tertiary/aromatic N) is 2. The number of aliphatic imine (C=N–C) groups is 2. The molecule has 3 heteroatoms. The van der Waals surface area contributed by atoms with Crippen LogP contribution in [0.15, 0.2) is 9.98 Å². The van der Waals surface area contributed by atoms with Gasteiger partial charge in [-0.15, -0.1) is 0 Å². The van der Waals surface area contributed by atoms with E-state index in [0.29, 0.717) is 0 Å². The van der Waals surface area contributed by atoms with Crippen LogP contribution in [0.4, 0.5) is 0 Å². The lowest BCUT2D eigenvalue weighted by Gasteiger charge is -2.18. The molecule has 0 aliphatic heterocycles. The van der Waals surface area contributed by atoms with Crippen LogP contribution in [0.25, 0.3) is 0 Å². The van der Waals surface area contributed by atoms with Gasteiger partial charge in [0.15, 0.2) is 5.72 Å². The zero-order valence-electron chi connectivity index (χ0n) is 10.0. The molecule has 0 aromatic carbocycles. The predicted octanol–water partition coefficient (Wildman–Crippen LogP) is 3.12. The fourth-order valence-corrected chi connectivity index (χ4v) is 0.763. The minimum atomic E-state index is -0.492. The zero-order chi connectivity index (χ0) is 11.0. The molecular weight excluding hydrogens is 176 g/mol. The quantitative estimate of drug-likeness (QED) is 0.477. The maximum Gasteiger partial charge on any atom is 0.163 e. The van der Waals surface area contributed by atoms with Crippen molar-refractivity contribution in [3.63, 3.8) is 0 Å². The highest BCUT2D eigenvalue weighted by Gasteiger charge is 2.14. The molecule has 0 amide bonds. The fourth-order valence-electron chi connectivity index (χ4n) is 0.763. The van der Waals surface area contributed by atoms with Crippen molar-refractivity contribution in [2.24, 2.45) is 9.98 Å². The summed E-state index contributed by atoms with van der Waals surface area (Å²) < 4.78 is 5.56. The summed E-state index contributed by atoms with van der Waals surface area (Å²) in [6.45, 7) is 10.7. The average molecular weight is 198 g/mol. The van der Waals surface area contributed by atoms with E-state index in [9.17, 15) is 0 Å². The average Bonchev–Trinajstić information content (AvgIpc) is 2.03. The van der Waals surface area contributed by atoms with Gasteiger partial charge in [0.2, 0.25) is 0 Å². The summed E-state index contributed by atoms with van der Waals surface area (Å²) in [5, 5.41) is 0. The van der Waals surface area contributed by atoms with Gasteiger partial charge in [-0.25, -0.2) is 4.99 Å². The Labute approximate surface area is 87.3 Å². The molecule has 0 unspecified atom stereocenters. The minimum Gasteiger partial charge on any atom is -0.354 e. The minimum absolute atomic E-state index is 0.241. The van der Waals surface area contributed by atoms with E-state index in [-0.39, 0.29) is 6.04 Å². The van der Waals surface area contributed by atoms with Crippen molar-refractivity contribution in [3.05, 3.63) is 0 Å². The second-order valence-electron chi connectivity index (χ2n) is 4.08. The van der Waals surface area contributed by atoms with E-state index < -0.39 is 5.72 Å². The second-order valence-corrected chi connectivity index (χ2v) is 4.08. The second kappa shape index (κ2) is 6.74. The van der Waals surface area contributed by atoms with Crippen LogP contribution in [0.2, 0.25) is 0 Å². The van der Waals surface area contributed by atoms with Crippen molar-refractivity contribution in [2.75, 3.05) is 6.61 Å². The molecule has 0 aliphatic rings. The zero-order valence-corrected chi connectivity index (χ0v) is 10.0. The van der Waals surface area contributed by atoms with Gasteiger partial charge >= 0.3 is 0 Å². The molecule has 0 N–H and O–H groups in total. The van der Waals surface area contributed by atoms with Gasteiger partial charge in [-0.2, -0.15) is 4.99 Å². The largest absolute Gasteiger partial charge is 0.354 e. The Morgan fingerprint density at radius 2 is 2.00 bits per heavy atom. The first kappa shape index (κ1) is 13.3. The predicted molar refractivity (Wildman–Crippen MR) is 59.9 cm³/mol. The Morgan fingerprint density at radius 1 is 1.36 bits per heavy atom. The maximum atomic E-state index is 5.56. The number of hydrogen-bond acceptors (Lipinski definition) is 3. The van der Waals surface area contributed by atoms with Crippen LogP contribution in [-0.2, 0) is 4.74 Å². The molecule has 0 aromatic heterocycles. The van der Waals surface area contributed by atoms with Gasteiger partial charge in [-0.1, -0.05) is 13.3 Å². The van der Waals surface area contributed by atoms with E-state index >= 15 is 0 Å². The van der Waals surface area contributed by atoms with Crippen LogP contribution in [-0.4, -0.2) is 24.4 Å². The highest BCUT2D eigenvalue weighted by Crippen LogP contribution is 2.10. The monoisotopic (exact) mass is 198 g/mol. The summed E-state index contributed by atoms with van der Waals surface area (Å²) in [5.74, 6) is 0. The molecule has 0 saturated heterocycles. The molecular formula is C11H22N2O. The molecule has 0 spiro atoms. The van der Waals surface area contributed by atoms with Crippen molar-refractivity contribution in [3.8, 4) is 0 Å². The van der Waals surface area contributed by atoms with Crippen molar-refractivity contribution in [1.29, 1.82) is 0 Å². The van der Waals surface area contributed by atoms with Gasteiger partial charge in [-0.05, 0) is 34.1 Å². The molecule has 0 aromatic rings. The van der Waals surface area contributed by atoms with Crippen LogP contribution in [0.5, 0.6) is 0 Å². The van der Waals surface area contributed by atoms with E-state index in [1.165, 1.54) is 0 Å². The third-order valence-electron chi connectivity index (χ3n) is 1.59. The molecule has 3 nitrogen and oxygen atoms in total. The first-order valence-electron chi connectivity index (χ1n) is 5.28. The Morgan fingerprint density at radius 3 is 2.50 bits per heavy atom. The SMILES string of the molecule is CCCCOC(C)(C)N=C=NC(C)C. The van der Waals surface area contributed by atoms with Crippen molar-refractivity contribution in [1.82, 2.24) is 0 Å². The lowest BCUT2D eigenvalue weighted by atomic mass is 10.3. The molecule has 0 atom stereocenters. The van der Waals surface area contributed by atoms with E-state index in [2.05, 4.69) is 22.9 Å². The maximum absolute atomic E-state index is 5.56. The first-order valence-corrected chi connectivity index (χ1v) is 5.28. The summed E-state index contributed by atoms with van der Waals surface area (Å²) >= 11 is 0. The van der Waals surface area contributed by atoms with Crippen LogP contribution in [0.3, 0.4) is 0 Å². The summed E-state index contributed by atoms with van der Waals surface area (Å²) in [6.07, 6.45) is 2.21. The van der Waals surface area contributed by atoms with E-state index in [1.54, 1.807) is 0 Å². The molecule has 0 heterocycles. The van der Waals surface area contributed by atoms with Gasteiger partial charge in [-0.3, -0.25) is 0 Å². The Kier molecular flexibility index (Phi) is 6.43. The number of hydrogen-bond donors (Lipinski definition) is 0. The van der Waals surface area contributed by atoms with Gasteiger partial charge < -0.3 is 4.74 Å². The third-order valence-corrected chi connectivity index (χ3v) is 1.59. The van der Waals surface area contributed by atoms with Crippen LogP contribution in [0.1, 0.15) is 47.5 Å². The molecule has 0 bridgehead atoms. The summed E-state index contributed by atoms with van der Waals surface area (Å²) in [5.41, 5.74) is -0.492. The Bertz CT molecular complexity index is 203. The van der Waals surface area contributed by atoms with E-state index in [1.807, 2.05) is 27.7 Å². The van der Waals surface area contributed by atoms with Crippen molar-refractivity contribution < 1.29 is 4.74 Å².